The van der Waals surface area contributed by atoms with E-state index in [4.69, 9.17) is 4.74 Å². The van der Waals surface area contributed by atoms with Gasteiger partial charge in [-0.25, -0.2) is 9.78 Å². The van der Waals surface area contributed by atoms with Crippen LogP contribution in [0.3, 0.4) is 0 Å². The molecule has 130 valence electrons. The second kappa shape index (κ2) is 9.03. The average Bonchev–Trinajstić information content (AvgIpc) is 2.61. The highest BCUT2D eigenvalue weighted by Gasteiger charge is 2.21. The summed E-state index contributed by atoms with van der Waals surface area (Å²) in [5, 5.41) is 3.13. The molecule has 1 atom stereocenters. The number of hydrogen-bond donors (Lipinski definition) is 1. The Kier molecular flexibility index (Phi) is 6.77. The second-order valence-electron chi connectivity index (χ2n) is 5.35. The van der Waals surface area contributed by atoms with Gasteiger partial charge < -0.3 is 10.1 Å². The van der Waals surface area contributed by atoms with Gasteiger partial charge in [0.1, 0.15) is 5.03 Å². The SMILES string of the molecule is C=CCNC(=O)[C@H](C)OC(=O)c1cccnc1Sc1ccc(C)cc1. The fourth-order valence-electron chi connectivity index (χ4n) is 1.94. The molecular formula is C19H20N2O3S. The van der Waals surface area contributed by atoms with Crippen molar-refractivity contribution in [3.8, 4) is 0 Å². The Morgan fingerprint density at radius 1 is 1.32 bits per heavy atom. The Morgan fingerprint density at radius 3 is 2.72 bits per heavy atom. The number of carbonyl (C=O) groups excluding carboxylic acids is 2. The van der Waals surface area contributed by atoms with Crippen LogP contribution in [0.1, 0.15) is 22.8 Å². The normalized spacial score (nSPS) is 11.4. The molecule has 1 aromatic heterocycles. The van der Waals surface area contributed by atoms with Gasteiger partial charge in [0.2, 0.25) is 0 Å². The molecule has 0 aliphatic carbocycles. The molecule has 0 radical (unpaired) electrons. The fraction of sp³-hybridized carbons (Fsp3) is 0.211. The lowest BCUT2D eigenvalue weighted by molar-refractivity contribution is -0.128. The lowest BCUT2D eigenvalue weighted by atomic mass is 10.2. The summed E-state index contributed by atoms with van der Waals surface area (Å²) >= 11 is 1.37. The molecular weight excluding hydrogens is 336 g/mol. The Balaban J connectivity index is 2.10. The first-order chi connectivity index (χ1) is 12.0. The van der Waals surface area contributed by atoms with Crippen molar-refractivity contribution >= 4 is 23.6 Å². The number of ether oxygens (including phenoxy) is 1. The Morgan fingerprint density at radius 2 is 2.04 bits per heavy atom. The number of nitrogens with zero attached hydrogens (tertiary/aromatic N) is 1. The lowest BCUT2D eigenvalue weighted by Gasteiger charge is -2.14. The van der Waals surface area contributed by atoms with Gasteiger partial charge in [-0.1, -0.05) is 35.5 Å². The fourth-order valence-corrected chi connectivity index (χ4v) is 2.81. The number of aryl methyl sites for hydroxylation is 1. The van der Waals surface area contributed by atoms with Crippen molar-refractivity contribution in [1.82, 2.24) is 10.3 Å². The molecule has 0 saturated carbocycles. The minimum Gasteiger partial charge on any atom is -0.449 e. The molecule has 5 nitrogen and oxygen atoms in total. The molecule has 6 heteroatoms. The number of benzene rings is 1. The van der Waals surface area contributed by atoms with Crippen LogP contribution in [0.15, 0.2) is 65.2 Å². The Bertz CT molecular complexity index is 760. The molecule has 1 amide bonds. The first-order valence-electron chi connectivity index (χ1n) is 7.80. The van der Waals surface area contributed by atoms with Crippen LogP contribution in [0.2, 0.25) is 0 Å². The van der Waals surface area contributed by atoms with Crippen molar-refractivity contribution in [2.24, 2.45) is 0 Å². The molecule has 0 aliphatic rings. The van der Waals surface area contributed by atoms with Crippen molar-refractivity contribution in [3.63, 3.8) is 0 Å². The number of esters is 1. The van der Waals surface area contributed by atoms with Gasteiger partial charge in [0.25, 0.3) is 5.91 Å². The zero-order chi connectivity index (χ0) is 18.2. The number of pyridine rings is 1. The third-order valence-corrected chi connectivity index (χ3v) is 4.33. The third-order valence-electron chi connectivity index (χ3n) is 3.30. The highest BCUT2D eigenvalue weighted by atomic mass is 32.2. The number of aromatic nitrogens is 1. The van der Waals surface area contributed by atoms with Gasteiger partial charge >= 0.3 is 5.97 Å². The summed E-state index contributed by atoms with van der Waals surface area (Å²) in [5.41, 5.74) is 1.49. The molecule has 2 rings (SSSR count). The largest absolute Gasteiger partial charge is 0.449 e. The van der Waals surface area contributed by atoms with Crippen molar-refractivity contribution in [2.75, 3.05) is 6.54 Å². The van der Waals surface area contributed by atoms with Crippen LogP contribution in [0.5, 0.6) is 0 Å². The van der Waals surface area contributed by atoms with Crippen LogP contribution in [0.25, 0.3) is 0 Å². The van der Waals surface area contributed by atoms with Crippen LogP contribution >= 0.6 is 11.8 Å². The van der Waals surface area contributed by atoms with E-state index in [0.29, 0.717) is 17.1 Å². The van der Waals surface area contributed by atoms with Gasteiger partial charge in [-0.15, -0.1) is 6.58 Å². The summed E-state index contributed by atoms with van der Waals surface area (Å²) in [6, 6.07) is 11.2. The summed E-state index contributed by atoms with van der Waals surface area (Å²) in [6.45, 7) is 7.38. The van der Waals surface area contributed by atoms with Gasteiger partial charge in [0, 0.05) is 17.6 Å². The van der Waals surface area contributed by atoms with Gasteiger partial charge in [-0.3, -0.25) is 4.79 Å². The predicted octanol–water partition coefficient (Wildman–Crippen LogP) is 3.39. The van der Waals surface area contributed by atoms with Gasteiger partial charge in [-0.2, -0.15) is 0 Å². The van der Waals surface area contributed by atoms with Crippen LogP contribution in [0.4, 0.5) is 0 Å². The predicted molar refractivity (Wildman–Crippen MR) is 97.6 cm³/mol. The van der Waals surface area contributed by atoms with Crippen molar-refractivity contribution in [3.05, 3.63) is 66.4 Å². The highest BCUT2D eigenvalue weighted by molar-refractivity contribution is 7.99. The summed E-state index contributed by atoms with van der Waals surface area (Å²) in [5.74, 6) is -0.950. The minimum atomic E-state index is -0.898. The van der Waals surface area contributed by atoms with Gasteiger partial charge in [0.15, 0.2) is 6.10 Å². The van der Waals surface area contributed by atoms with Crippen LogP contribution < -0.4 is 5.32 Å². The molecule has 25 heavy (non-hydrogen) atoms. The molecule has 0 saturated heterocycles. The topological polar surface area (TPSA) is 68.3 Å². The van der Waals surface area contributed by atoms with Gasteiger partial charge in [0.05, 0.1) is 5.56 Å². The molecule has 2 aromatic rings. The second-order valence-corrected chi connectivity index (χ2v) is 6.41. The molecule has 0 spiro atoms. The maximum absolute atomic E-state index is 12.4. The zero-order valence-corrected chi connectivity index (χ0v) is 15.0. The first kappa shape index (κ1) is 18.7. The molecule has 0 fully saturated rings. The smallest absolute Gasteiger partial charge is 0.341 e. The summed E-state index contributed by atoms with van der Waals surface area (Å²) in [7, 11) is 0. The zero-order valence-electron chi connectivity index (χ0n) is 14.2. The molecule has 0 aliphatic heterocycles. The number of hydrogen-bond acceptors (Lipinski definition) is 5. The monoisotopic (exact) mass is 356 g/mol. The summed E-state index contributed by atoms with van der Waals surface area (Å²) in [6.07, 6.45) is 2.28. The Labute approximate surface area is 151 Å². The van der Waals surface area contributed by atoms with Crippen molar-refractivity contribution in [2.45, 2.75) is 29.9 Å². The number of amides is 1. The Hall–Kier alpha value is -2.60. The molecule has 1 N–H and O–H groups in total. The van der Waals surface area contributed by atoms with E-state index < -0.39 is 12.1 Å². The van der Waals surface area contributed by atoms with E-state index in [0.717, 1.165) is 10.5 Å². The summed E-state index contributed by atoms with van der Waals surface area (Å²) in [4.78, 5) is 29.5. The van der Waals surface area contributed by atoms with E-state index >= 15 is 0 Å². The highest BCUT2D eigenvalue weighted by Crippen LogP contribution is 2.29. The van der Waals surface area contributed by atoms with E-state index in [1.165, 1.54) is 18.7 Å². The molecule has 1 aromatic carbocycles. The molecule has 0 unspecified atom stereocenters. The van der Waals surface area contributed by atoms with Crippen LogP contribution in [0, 0.1) is 6.92 Å². The van der Waals surface area contributed by atoms with E-state index in [2.05, 4.69) is 16.9 Å². The van der Waals surface area contributed by atoms with E-state index in [1.807, 2.05) is 31.2 Å². The maximum Gasteiger partial charge on any atom is 0.341 e. The molecule has 1 heterocycles. The van der Waals surface area contributed by atoms with Crippen molar-refractivity contribution < 1.29 is 14.3 Å². The number of carbonyl (C=O) groups is 2. The number of rotatable bonds is 7. The average molecular weight is 356 g/mol. The van der Waals surface area contributed by atoms with E-state index in [-0.39, 0.29) is 5.91 Å². The maximum atomic E-state index is 12.4. The number of nitrogens with one attached hydrogen (secondary N) is 1. The quantitative estimate of drug-likeness (QED) is 0.608. The lowest BCUT2D eigenvalue weighted by Crippen LogP contribution is -2.35. The van der Waals surface area contributed by atoms with E-state index in [9.17, 15) is 9.59 Å². The van der Waals surface area contributed by atoms with Gasteiger partial charge in [-0.05, 0) is 38.1 Å². The standard InChI is InChI=1S/C19H20N2O3S/c1-4-11-20-17(22)14(3)24-19(23)16-6-5-12-21-18(16)25-15-9-7-13(2)8-10-15/h4-10,12,14H,1,11H2,2-3H3,(H,20,22)/t14-/m0/s1. The minimum absolute atomic E-state index is 0.322. The molecule has 0 bridgehead atoms. The first-order valence-corrected chi connectivity index (χ1v) is 8.62. The third kappa shape index (κ3) is 5.46. The van der Waals surface area contributed by atoms with Crippen molar-refractivity contribution in [1.29, 1.82) is 0 Å². The van der Waals surface area contributed by atoms with Crippen LogP contribution in [-0.4, -0.2) is 29.5 Å². The van der Waals surface area contributed by atoms with E-state index in [1.54, 1.807) is 24.4 Å². The summed E-state index contributed by atoms with van der Waals surface area (Å²) < 4.78 is 5.25. The van der Waals surface area contributed by atoms with Crippen LogP contribution in [-0.2, 0) is 9.53 Å².